The van der Waals surface area contributed by atoms with E-state index in [1.54, 1.807) is 19.0 Å². The van der Waals surface area contributed by atoms with E-state index in [2.05, 4.69) is 29.5 Å². The number of rotatable bonds is 7. The number of aliphatic imine (C=N–C) groups is 1. The van der Waals surface area contributed by atoms with Crippen LogP contribution in [0.4, 0.5) is 0 Å². The van der Waals surface area contributed by atoms with E-state index in [1.165, 1.54) is 25.7 Å². The Morgan fingerprint density at radius 3 is 2.38 bits per heavy atom. The summed E-state index contributed by atoms with van der Waals surface area (Å²) in [5, 5.41) is 7.16. The zero-order valence-corrected chi connectivity index (χ0v) is 17.1. The summed E-state index contributed by atoms with van der Waals surface area (Å²) in [7, 11) is 3.54. The monoisotopic (exact) mass is 366 g/mol. The molecule has 0 aromatic carbocycles. The second-order valence-corrected chi connectivity index (χ2v) is 7.93. The van der Waals surface area contributed by atoms with E-state index < -0.39 is 0 Å². The molecule has 150 valence electrons. The summed E-state index contributed by atoms with van der Waals surface area (Å²) < 4.78 is 6.04. The molecule has 1 amide bonds. The molecule has 0 bridgehead atoms. The number of carbonyl (C=O) groups is 1. The minimum atomic E-state index is 0.0272. The minimum Gasteiger partial charge on any atom is -0.378 e. The zero-order valence-electron chi connectivity index (χ0n) is 17.1. The summed E-state index contributed by atoms with van der Waals surface area (Å²) >= 11 is 0. The van der Waals surface area contributed by atoms with Crippen LogP contribution in [0.3, 0.4) is 0 Å². The largest absolute Gasteiger partial charge is 0.378 e. The molecule has 2 fully saturated rings. The van der Waals surface area contributed by atoms with Crippen LogP contribution in [-0.2, 0) is 9.53 Å². The predicted octanol–water partition coefficient (Wildman–Crippen LogP) is 2.54. The maximum Gasteiger partial charge on any atom is 0.243 e. The molecule has 1 aliphatic carbocycles. The molecule has 2 atom stereocenters. The fourth-order valence-electron chi connectivity index (χ4n) is 3.98. The summed E-state index contributed by atoms with van der Waals surface area (Å²) in [5.74, 6) is 1.44. The molecule has 1 aliphatic heterocycles. The molecule has 6 heteroatoms. The lowest BCUT2D eigenvalue weighted by molar-refractivity contribution is -0.127. The van der Waals surface area contributed by atoms with Crippen LogP contribution in [0.25, 0.3) is 0 Å². The second-order valence-electron chi connectivity index (χ2n) is 7.93. The Balaban J connectivity index is 1.97. The van der Waals surface area contributed by atoms with Gasteiger partial charge in [0.25, 0.3) is 0 Å². The minimum absolute atomic E-state index is 0.0272. The highest BCUT2D eigenvalue weighted by Crippen LogP contribution is 2.25. The number of carbonyl (C=O) groups excluding carboxylic acids is 1. The number of nitrogens with zero attached hydrogens (tertiary/aromatic N) is 2. The van der Waals surface area contributed by atoms with Gasteiger partial charge in [-0.25, -0.2) is 4.99 Å². The molecule has 2 aliphatic rings. The molecule has 6 nitrogen and oxygen atoms in total. The number of hydrogen-bond donors (Lipinski definition) is 2. The molecule has 26 heavy (non-hydrogen) atoms. The van der Waals surface area contributed by atoms with Crippen molar-refractivity contribution in [2.24, 2.45) is 10.9 Å². The number of guanidine groups is 1. The number of ether oxygens (including phenoxy) is 1. The Morgan fingerprint density at radius 1 is 1.12 bits per heavy atom. The standard InChI is InChI=1S/C20H38N4O2/c1-5-15(6-2)18-13-17(11-12-26-18)23-20(21-14-19(25)24(3)4)22-16-9-7-8-10-16/h15-18H,5-14H2,1-4H3,(H2,21,22,23). The zero-order chi connectivity index (χ0) is 18.9. The maximum absolute atomic E-state index is 11.9. The van der Waals surface area contributed by atoms with Crippen molar-refractivity contribution in [1.82, 2.24) is 15.5 Å². The third-order valence-electron chi connectivity index (χ3n) is 5.80. The fraction of sp³-hybridized carbons (Fsp3) is 0.900. The maximum atomic E-state index is 11.9. The molecule has 2 N–H and O–H groups in total. The number of hydrogen-bond acceptors (Lipinski definition) is 3. The van der Waals surface area contributed by atoms with Crippen molar-refractivity contribution >= 4 is 11.9 Å². The Bertz CT molecular complexity index is 457. The van der Waals surface area contributed by atoms with Crippen molar-refractivity contribution in [2.75, 3.05) is 27.2 Å². The van der Waals surface area contributed by atoms with Crippen molar-refractivity contribution in [3.05, 3.63) is 0 Å². The molecular weight excluding hydrogens is 328 g/mol. The van der Waals surface area contributed by atoms with Gasteiger partial charge in [0.05, 0.1) is 6.10 Å². The average Bonchev–Trinajstić information content (AvgIpc) is 3.13. The van der Waals surface area contributed by atoms with E-state index >= 15 is 0 Å². The van der Waals surface area contributed by atoms with Crippen LogP contribution < -0.4 is 10.6 Å². The quantitative estimate of drug-likeness (QED) is 0.537. The third kappa shape index (κ3) is 6.45. The van der Waals surface area contributed by atoms with Gasteiger partial charge in [-0.05, 0) is 31.6 Å². The highest BCUT2D eigenvalue weighted by atomic mass is 16.5. The van der Waals surface area contributed by atoms with E-state index in [9.17, 15) is 4.79 Å². The van der Waals surface area contributed by atoms with Crippen LogP contribution in [-0.4, -0.2) is 62.2 Å². The summed E-state index contributed by atoms with van der Waals surface area (Å²) in [6.45, 7) is 5.48. The van der Waals surface area contributed by atoms with E-state index in [4.69, 9.17) is 4.74 Å². The molecule has 0 aromatic heterocycles. The first-order valence-electron chi connectivity index (χ1n) is 10.4. The Kier molecular flexibility index (Phi) is 8.69. The van der Waals surface area contributed by atoms with Crippen molar-refractivity contribution < 1.29 is 9.53 Å². The summed E-state index contributed by atoms with van der Waals surface area (Å²) in [5.41, 5.74) is 0. The predicted molar refractivity (Wildman–Crippen MR) is 106 cm³/mol. The van der Waals surface area contributed by atoms with E-state index in [0.717, 1.165) is 38.2 Å². The van der Waals surface area contributed by atoms with Crippen molar-refractivity contribution in [1.29, 1.82) is 0 Å². The van der Waals surface area contributed by atoms with E-state index in [-0.39, 0.29) is 12.5 Å². The molecule has 1 saturated heterocycles. The first-order chi connectivity index (χ1) is 12.5. The lowest BCUT2D eigenvalue weighted by Crippen LogP contribution is -2.50. The summed E-state index contributed by atoms with van der Waals surface area (Å²) in [6.07, 6.45) is 9.57. The van der Waals surface area contributed by atoms with Gasteiger partial charge in [-0.2, -0.15) is 0 Å². The highest BCUT2D eigenvalue weighted by molar-refractivity contribution is 5.85. The van der Waals surface area contributed by atoms with Gasteiger partial charge in [0.2, 0.25) is 5.91 Å². The van der Waals surface area contributed by atoms with Gasteiger partial charge in [-0.15, -0.1) is 0 Å². The molecule has 1 saturated carbocycles. The SMILES string of the molecule is CCC(CC)C1CC(NC(=NCC(=O)N(C)C)NC2CCCC2)CCO1. The smallest absolute Gasteiger partial charge is 0.243 e. The molecule has 1 heterocycles. The molecule has 0 radical (unpaired) electrons. The van der Waals surface area contributed by atoms with Crippen LogP contribution in [0.2, 0.25) is 0 Å². The van der Waals surface area contributed by atoms with Gasteiger partial charge < -0.3 is 20.3 Å². The van der Waals surface area contributed by atoms with Crippen LogP contribution in [0.5, 0.6) is 0 Å². The van der Waals surface area contributed by atoms with Gasteiger partial charge in [0.15, 0.2) is 5.96 Å². The normalized spacial score (nSPS) is 24.7. The van der Waals surface area contributed by atoms with Crippen molar-refractivity contribution in [3.63, 3.8) is 0 Å². The van der Waals surface area contributed by atoms with Gasteiger partial charge in [-0.3, -0.25) is 4.79 Å². The molecular formula is C20H38N4O2. The molecule has 0 spiro atoms. The summed E-state index contributed by atoms with van der Waals surface area (Å²) in [4.78, 5) is 18.1. The first-order valence-corrected chi connectivity index (χ1v) is 10.4. The van der Waals surface area contributed by atoms with Crippen molar-refractivity contribution in [2.45, 2.75) is 83.4 Å². The highest BCUT2D eigenvalue weighted by Gasteiger charge is 2.28. The lowest BCUT2D eigenvalue weighted by atomic mass is 9.89. The first kappa shape index (κ1) is 21.0. The number of likely N-dealkylation sites (N-methyl/N-ethyl adjacent to an activating group) is 1. The van der Waals surface area contributed by atoms with Crippen LogP contribution in [0, 0.1) is 5.92 Å². The van der Waals surface area contributed by atoms with Gasteiger partial charge >= 0.3 is 0 Å². The Labute approximate surface area is 159 Å². The van der Waals surface area contributed by atoms with Gasteiger partial charge in [-0.1, -0.05) is 39.5 Å². The lowest BCUT2D eigenvalue weighted by Gasteiger charge is -2.35. The van der Waals surface area contributed by atoms with Crippen LogP contribution in [0.15, 0.2) is 4.99 Å². The van der Waals surface area contributed by atoms with E-state index in [1.807, 2.05) is 0 Å². The van der Waals surface area contributed by atoms with Crippen LogP contribution in [0.1, 0.15) is 65.2 Å². The number of amides is 1. The van der Waals surface area contributed by atoms with E-state index in [0.29, 0.717) is 24.1 Å². The topological polar surface area (TPSA) is 66.0 Å². The van der Waals surface area contributed by atoms with Crippen molar-refractivity contribution in [3.8, 4) is 0 Å². The van der Waals surface area contributed by atoms with Crippen LogP contribution >= 0.6 is 0 Å². The Morgan fingerprint density at radius 2 is 1.77 bits per heavy atom. The average molecular weight is 367 g/mol. The Hall–Kier alpha value is -1.30. The molecule has 2 unspecified atom stereocenters. The number of nitrogens with one attached hydrogen (secondary N) is 2. The second kappa shape index (κ2) is 10.8. The fourth-order valence-corrected chi connectivity index (χ4v) is 3.98. The summed E-state index contributed by atoms with van der Waals surface area (Å²) in [6, 6.07) is 0.835. The van der Waals surface area contributed by atoms with Gasteiger partial charge in [0.1, 0.15) is 6.54 Å². The van der Waals surface area contributed by atoms with Gasteiger partial charge in [0, 0.05) is 32.8 Å². The third-order valence-corrected chi connectivity index (χ3v) is 5.80. The molecule has 2 rings (SSSR count). The molecule has 0 aromatic rings.